The summed E-state index contributed by atoms with van der Waals surface area (Å²) >= 11 is 1.56. The second-order valence-corrected chi connectivity index (χ2v) is 9.12. The number of thiazole rings is 1. The summed E-state index contributed by atoms with van der Waals surface area (Å²) in [5.74, 6) is 0.628. The predicted molar refractivity (Wildman–Crippen MR) is 108 cm³/mol. The number of hydrogen-bond acceptors (Lipinski definition) is 7. The van der Waals surface area contributed by atoms with Crippen LogP contribution in [0.4, 0.5) is 0 Å². The summed E-state index contributed by atoms with van der Waals surface area (Å²) in [6, 6.07) is 5.38. The molecule has 0 saturated carbocycles. The van der Waals surface area contributed by atoms with Crippen molar-refractivity contribution >= 4 is 17.2 Å². The highest BCUT2D eigenvalue weighted by Gasteiger charge is 2.52. The number of carbonyl (C=O) groups is 1. The number of amides is 1. The Hall–Kier alpha value is -2.00. The van der Waals surface area contributed by atoms with Crippen LogP contribution in [0.2, 0.25) is 0 Å². The Kier molecular flexibility index (Phi) is 5.37. The molecule has 1 N–H and O–H groups in total. The van der Waals surface area contributed by atoms with E-state index in [2.05, 4.69) is 4.98 Å². The van der Waals surface area contributed by atoms with Gasteiger partial charge in [-0.3, -0.25) is 4.79 Å². The fourth-order valence-electron chi connectivity index (χ4n) is 3.78. The van der Waals surface area contributed by atoms with Crippen molar-refractivity contribution in [2.45, 2.75) is 44.5 Å². The Bertz CT molecular complexity index is 880. The molecule has 2 aliphatic heterocycles. The van der Waals surface area contributed by atoms with Gasteiger partial charge in [0.15, 0.2) is 5.60 Å². The molecule has 3 heterocycles. The van der Waals surface area contributed by atoms with Crippen molar-refractivity contribution in [3.05, 3.63) is 45.9 Å². The molecule has 2 atom stereocenters. The number of hydrogen-bond donors (Lipinski definition) is 1. The number of rotatable bonds is 5. The van der Waals surface area contributed by atoms with Crippen LogP contribution in [-0.2, 0) is 15.1 Å². The van der Waals surface area contributed by atoms with Crippen LogP contribution in [0.1, 0.15) is 41.2 Å². The number of aryl methyl sites for hydroxylation is 1. The Morgan fingerprint density at radius 2 is 2.31 bits per heavy atom. The third-order valence-electron chi connectivity index (χ3n) is 5.33. The first kappa shape index (κ1) is 20.3. The topological polar surface area (TPSA) is 81.1 Å². The number of piperidine rings is 1. The third kappa shape index (κ3) is 4.02. The van der Waals surface area contributed by atoms with Gasteiger partial charge in [-0.05, 0) is 44.5 Å². The van der Waals surface area contributed by atoms with Gasteiger partial charge in [-0.15, -0.1) is 11.3 Å². The average Bonchev–Trinajstić information content (AvgIpc) is 3.35. The van der Waals surface area contributed by atoms with Gasteiger partial charge in [0.25, 0.3) is 5.91 Å². The summed E-state index contributed by atoms with van der Waals surface area (Å²) in [5.41, 5.74) is 0.00552. The smallest absolute Gasteiger partial charge is 0.253 e. The van der Waals surface area contributed by atoms with E-state index in [0.717, 1.165) is 10.6 Å². The minimum Gasteiger partial charge on any atom is -0.490 e. The Balaban J connectivity index is 1.46. The normalized spacial score (nSPS) is 24.4. The van der Waals surface area contributed by atoms with Crippen LogP contribution in [0.25, 0.3) is 0 Å². The molecule has 2 saturated heterocycles. The first-order valence-corrected chi connectivity index (χ1v) is 10.6. The molecule has 7 nitrogen and oxygen atoms in total. The van der Waals surface area contributed by atoms with E-state index in [9.17, 15) is 9.90 Å². The van der Waals surface area contributed by atoms with Crippen LogP contribution in [-0.4, -0.2) is 59.1 Å². The zero-order valence-electron chi connectivity index (χ0n) is 16.9. The minimum absolute atomic E-state index is 0.0367. The number of benzene rings is 1. The molecule has 2 fully saturated rings. The predicted octanol–water partition coefficient (Wildman–Crippen LogP) is 2.72. The fourth-order valence-corrected chi connectivity index (χ4v) is 4.64. The van der Waals surface area contributed by atoms with Crippen LogP contribution < -0.4 is 4.74 Å². The quantitative estimate of drug-likeness (QED) is 0.804. The van der Waals surface area contributed by atoms with Crippen molar-refractivity contribution in [1.29, 1.82) is 0 Å². The largest absolute Gasteiger partial charge is 0.490 e. The van der Waals surface area contributed by atoms with E-state index < -0.39 is 11.2 Å². The Morgan fingerprint density at radius 1 is 1.48 bits per heavy atom. The second-order valence-electron chi connectivity index (χ2n) is 8.23. The highest BCUT2D eigenvalue weighted by molar-refractivity contribution is 7.09. The third-order valence-corrected chi connectivity index (χ3v) is 6.26. The van der Waals surface area contributed by atoms with Crippen LogP contribution in [0.3, 0.4) is 0 Å². The molecule has 2 aromatic rings. The molecule has 29 heavy (non-hydrogen) atoms. The maximum absolute atomic E-state index is 13.1. The van der Waals surface area contributed by atoms with Gasteiger partial charge in [0, 0.05) is 30.1 Å². The highest BCUT2D eigenvalue weighted by Crippen LogP contribution is 2.43. The average molecular weight is 419 g/mol. The van der Waals surface area contributed by atoms with Crippen LogP contribution in [0, 0.1) is 6.92 Å². The molecule has 0 radical (unpaired) electrons. The number of fused-ring (bicyclic) bond motifs is 1. The SMILES string of the molecule is Cc1cc(C(=O)N2CC[C@]3(c4nccs4)OCOC3C2)ccc1OCC(C)(C)O. The van der Waals surface area contributed by atoms with Crippen LogP contribution in [0.5, 0.6) is 5.75 Å². The zero-order chi connectivity index (χ0) is 20.6. The van der Waals surface area contributed by atoms with Crippen molar-refractivity contribution in [3.63, 3.8) is 0 Å². The van der Waals surface area contributed by atoms with Crippen molar-refractivity contribution in [2.75, 3.05) is 26.5 Å². The summed E-state index contributed by atoms with van der Waals surface area (Å²) in [6.07, 6.45) is 2.21. The molecule has 8 heteroatoms. The van der Waals surface area contributed by atoms with Gasteiger partial charge in [0.05, 0.1) is 12.1 Å². The monoisotopic (exact) mass is 418 g/mol. The van der Waals surface area contributed by atoms with Gasteiger partial charge in [-0.2, -0.15) is 0 Å². The maximum atomic E-state index is 13.1. The van der Waals surface area contributed by atoms with Gasteiger partial charge in [0.2, 0.25) is 0 Å². The summed E-state index contributed by atoms with van der Waals surface area (Å²) in [4.78, 5) is 19.3. The van der Waals surface area contributed by atoms with E-state index in [1.807, 2.05) is 23.3 Å². The first-order chi connectivity index (χ1) is 13.8. The molecular formula is C21H26N2O5S. The molecule has 1 aromatic heterocycles. The molecule has 0 aliphatic carbocycles. The molecule has 1 unspecified atom stereocenters. The highest BCUT2D eigenvalue weighted by atomic mass is 32.1. The maximum Gasteiger partial charge on any atom is 0.253 e. The van der Waals surface area contributed by atoms with Crippen LogP contribution in [0.15, 0.2) is 29.8 Å². The van der Waals surface area contributed by atoms with E-state index >= 15 is 0 Å². The zero-order valence-corrected chi connectivity index (χ0v) is 17.7. The van der Waals surface area contributed by atoms with E-state index in [-0.39, 0.29) is 25.4 Å². The number of likely N-dealkylation sites (tertiary alicyclic amines) is 1. The lowest BCUT2D eigenvalue weighted by Gasteiger charge is -2.40. The fraction of sp³-hybridized carbons (Fsp3) is 0.524. The lowest BCUT2D eigenvalue weighted by Crippen LogP contribution is -2.53. The Labute approximate surface area is 174 Å². The lowest BCUT2D eigenvalue weighted by molar-refractivity contribution is -0.0440. The molecule has 1 aromatic carbocycles. The standard InChI is InChI=1S/C21H26N2O5S/c1-14-10-15(4-5-16(14)26-12-20(2,3)25)18(24)23-8-6-21(19-22-7-9-29-19)17(11-23)27-13-28-21/h4-5,7,9-10,17,25H,6,8,11-13H2,1-3H3/t17?,21-/m0/s1. The van der Waals surface area contributed by atoms with Crippen LogP contribution >= 0.6 is 11.3 Å². The van der Waals surface area contributed by atoms with E-state index in [4.69, 9.17) is 14.2 Å². The van der Waals surface area contributed by atoms with E-state index in [0.29, 0.717) is 30.8 Å². The number of ether oxygens (including phenoxy) is 3. The van der Waals surface area contributed by atoms with Crippen molar-refractivity contribution < 1.29 is 24.1 Å². The van der Waals surface area contributed by atoms with Gasteiger partial charge in [-0.25, -0.2) is 4.98 Å². The lowest BCUT2D eigenvalue weighted by atomic mass is 9.88. The second kappa shape index (κ2) is 7.68. The molecule has 0 bridgehead atoms. The minimum atomic E-state index is -0.915. The van der Waals surface area contributed by atoms with Gasteiger partial charge >= 0.3 is 0 Å². The summed E-state index contributed by atoms with van der Waals surface area (Å²) in [6.45, 7) is 6.73. The number of carbonyl (C=O) groups excluding carboxylic acids is 1. The molecular weight excluding hydrogens is 392 g/mol. The molecule has 1 amide bonds. The van der Waals surface area contributed by atoms with Crippen molar-refractivity contribution in [2.24, 2.45) is 0 Å². The molecule has 156 valence electrons. The summed E-state index contributed by atoms with van der Waals surface area (Å²) in [5, 5.41) is 12.7. The van der Waals surface area contributed by atoms with E-state index in [1.54, 1.807) is 43.5 Å². The van der Waals surface area contributed by atoms with Gasteiger partial charge < -0.3 is 24.2 Å². The summed E-state index contributed by atoms with van der Waals surface area (Å²) < 4.78 is 17.5. The van der Waals surface area contributed by atoms with Gasteiger partial charge in [-0.1, -0.05) is 0 Å². The van der Waals surface area contributed by atoms with Crippen molar-refractivity contribution in [1.82, 2.24) is 9.88 Å². The number of aliphatic hydroxyl groups is 1. The van der Waals surface area contributed by atoms with Gasteiger partial charge in [0.1, 0.15) is 30.3 Å². The van der Waals surface area contributed by atoms with Crippen molar-refractivity contribution in [3.8, 4) is 5.75 Å². The first-order valence-electron chi connectivity index (χ1n) is 9.69. The summed E-state index contributed by atoms with van der Waals surface area (Å²) in [7, 11) is 0. The molecule has 0 spiro atoms. The number of nitrogens with zero attached hydrogens (tertiary/aromatic N) is 2. The van der Waals surface area contributed by atoms with E-state index in [1.165, 1.54) is 0 Å². The molecule has 2 aliphatic rings. The Morgan fingerprint density at radius 3 is 3.00 bits per heavy atom. The number of aromatic nitrogens is 1. The molecule has 4 rings (SSSR count).